The standard InChI is InChI=1S/C14H19N5S/c1-19(2)8-9-20-13-10-12(18-15)16-14(17-13)11-6-4-3-5-7-11/h3-7,10H,8-9,15H2,1-2H3,(H,16,17,18). The largest absolute Gasteiger partial charge is 0.309 e. The predicted molar refractivity (Wildman–Crippen MR) is 84.6 cm³/mol. The SMILES string of the molecule is CN(C)CCSc1cc(NN)nc(-c2ccccc2)n1. The fourth-order valence-corrected chi connectivity index (χ4v) is 2.63. The van der Waals surface area contributed by atoms with Crippen LogP contribution in [-0.4, -0.2) is 41.3 Å². The van der Waals surface area contributed by atoms with Gasteiger partial charge in [0.1, 0.15) is 10.8 Å². The van der Waals surface area contributed by atoms with E-state index in [4.69, 9.17) is 5.84 Å². The summed E-state index contributed by atoms with van der Waals surface area (Å²) in [5, 5.41) is 0.925. The first-order valence-corrected chi connectivity index (χ1v) is 7.36. The molecule has 0 saturated carbocycles. The van der Waals surface area contributed by atoms with Crippen molar-refractivity contribution in [3.63, 3.8) is 0 Å². The minimum absolute atomic E-state index is 0.631. The Kier molecular flexibility index (Phi) is 5.34. The summed E-state index contributed by atoms with van der Waals surface area (Å²) in [6, 6.07) is 11.8. The van der Waals surface area contributed by atoms with Crippen LogP contribution in [-0.2, 0) is 0 Å². The number of benzene rings is 1. The van der Waals surface area contributed by atoms with Crippen molar-refractivity contribution in [3.8, 4) is 11.4 Å². The topological polar surface area (TPSA) is 67.1 Å². The Labute approximate surface area is 123 Å². The molecule has 0 atom stereocenters. The lowest BCUT2D eigenvalue weighted by Crippen LogP contribution is -2.15. The van der Waals surface area contributed by atoms with E-state index in [1.54, 1.807) is 11.8 Å². The summed E-state index contributed by atoms with van der Waals surface area (Å²) in [6.07, 6.45) is 0. The third-order valence-corrected chi connectivity index (χ3v) is 3.56. The summed E-state index contributed by atoms with van der Waals surface area (Å²) in [6.45, 7) is 1.00. The zero-order valence-electron chi connectivity index (χ0n) is 11.7. The van der Waals surface area contributed by atoms with Crippen LogP contribution in [0.1, 0.15) is 0 Å². The quantitative estimate of drug-likeness (QED) is 0.367. The average molecular weight is 289 g/mol. The zero-order valence-corrected chi connectivity index (χ0v) is 12.5. The highest BCUT2D eigenvalue weighted by molar-refractivity contribution is 7.99. The zero-order chi connectivity index (χ0) is 14.4. The number of nitrogens with one attached hydrogen (secondary N) is 1. The molecule has 106 valence electrons. The molecule has 0 radical (unpaired) electrons. The molecule has 6 heteroatoms. The lowest BCUT2D eigenvalue weighted by Gasteiger charge is -2.10. The van der Waals surface area contributed by atoms with E-state index in [9.17, 15) is 0 Å². The summed E-state index contributed by atoms with van der Waals surface area (Å²) >= 11 is 1.70. The molecule has 1 aromatic carbocycles. The maximum absolute atomic E-state index is 5.48. The third kappa shape index (κ3) is 4.19. The van der Waals surface area contributed by atoms with Crippen molar-refractivity contribution < 1.29 is 0 Å². The predicted octanol–water partition coefficient (Wildman–Crippen LogP) is 2.08. The number of nitrogens with zero attached hydrogens (tertiary/aromatic N) is 3. The number of aromatic nitrogens is 2. The van der Waals surface area contributed by atoms with Gasteiger partial charge in [0.15, 0.2) is 5.82 Å². The van der Waals surface area contributed by atoms with Gasteiger partial charge in [0, 0.05) is 23.9 Å². The number of hydrogen-bond donors (Lipinski definition) is 2. The van der Waals surface area contributed by atoms with E-state index < -0.39 is 0 Å². The second-order valence-electron chi connectivity index (χ2n) is 4.58. The minimum Gasteiger partial charge on any atom is -0.309 e. The van der Waals surface area contributed by atoms with Crippen molar-refractivity contribution in [2.24, 2.45) is 5.84 Å². The molecule has 0 fully saturated rings. The second-order valence-corrected chi connectivity index (χ2v) is 5.69. The Morgan fingerprint density at radius 1 is 1.20 bits per heavy atom. The first-order chi connectivity index (χ1) is 9.69. The van der Waals surface area contributed by atoms with E-state index in [0.29, 0.717) is 11.6 Å². The van der Waals surface area contributed by atoms with Crippen LogP contribution >= 0.6 is 11.8 Å². The molecule has 0 amide bonds. The Morgan fingerprint density at radius 2 is 1.95 bits per heavy atom. The van der Waals surface area contributed by atoms with Gasteiger partial charge in [-0.05, 0) is 14.1 Å². The number of thioether (sulfide) groups is 1. The Morgan fingerprint density at radius 3 is 2.60 bits per heavy atom. The van der Waals surface area contributed by atoms with Gasteiger partial charge < -0.3 is 10.3 Å². The van der Waals surface area contributed by atoms with Crippen LogP contribution in [0.2, 0.25) is 0 Å². The van der Waals surface area contributed by atoms with E-state index in [1.165, 1.54) is 0 Å². The lowest BCUT2D eigenvalue weighted by atomic mass is 10.2. The van der Waals surface area contributed by atoms with Gasteiger partial charge in [0.2, 0.25) is 0 Å². The number of hydrazine groups is 1. The van der Waals surface area contributed by atoms with Gasteiger partial charge in [-0.15, -0.1) is 11.8 Å². The van der Waals surface area contributed by atoms with Crippen molar-refractivity contribution >= 4 is 17.6 Å². The highest BCUT2D eigenvalue weighted by Crippen LogP contribution is 2.23. The van der Waals surface area contributed by atoms with Gasteiger partial charge in [-0.2, -0.15) is 0 Å². The van der Waals surface area contributed by atoms with Crippen LogP contribution in [0.3, 0.4) is 0 Å². The smallest absolute Gasteiger partial charge is 0.162 e. The maximum atomic E-state index is 5.48. The number of anilines is 1. The molecule has 20 heavy (non-hydrogen) atoms. The lowest BCUT2D eigenvalue weighted by molar-refractivity contribution is 0.437. The molecular formula is C14H19N5S. The fourth-order valence-electron chi connectivity index (χ4n) is 1.62. The number of hydrogen-bond acceptors (Lipinski definition) is 6. The molecule has 0 aliphatic carbocycles. The van der Waals surface area contributed by atoms with E-state index in [0.717, 1.165) is 22.9 Å². The summed E-state index contributed by atoms with van der Waals surface area (Å²) < 4.78 is 0. The fraction of sp³-hybridized carbons (Fsp3) is 0.286. The van der Waals surface area contributed by atoms with Crippen molar-refractivity contribution in [2.75, 3.05) is 31.8 Å². The molecule has 0 aliphatic rings. The normalized spacial score (nSPS) is 10.8. The van der Waals surface area contributed by atoms with Crippen LogP contribution in [0.25, 0.3) is 11.4 Å². The second kappa shape index (κ2) is 7.23. The van der Waals surface area contributed by atoms with Crippen LogP contribution < -0.4 is 11.3 Å². The Bertz CT molecular complexity index is 545. The molecule has 1 heterocycles. The molecule has 0 aliphatic heterocycles. The van der Waals surface area contributed by atoms with E-state index in [1.807, 2.05) is 36.4 Å². The van der Waals surface area contributed by atoms with E-state index in [-0.39, 0.29) is 0 Å². The highest BCUT2D eigenvalue weighted by atomic mass is 32.2. The van der Waals surface area contributed by atoms with Gasteiger partial charge in [-0.1, -0.05) is 30.3 Å². The van der Waals surface area contributed by atoms with Crippen LogP contribution in [0, 0.1) is 0 Å². The molecule has 1 aromatic heterocycles. The molecule has 2 rings (SSSR count). The number of rotatable bonds is 6. The summed E-state index contributed by atoms with van der Waals surface area (Å²) in [4.78, 5) is 11.1. The number of nitrogens with two attached hydrogens (primary N) is 1. The van der Waals surface area contributed by atoms with Gasteiger partial charge >= 0.3 is 0 Å². The van der Waals surface area contributed by atoms with Crippen molar-refractivity contribution in [2.45, 2.75) is 5.03 Å². The highest BCUT2D eigenvalue weighted by Gasteiger charge is 2.06. The van der Waals surface area contributed by atoms with Gasteiger partial charge in [0.05, 0.1) is 0 Å². The Balaban J connectivity index is 2.20. The van der Waals surface area contributed by atoms with Crippen LogP contribution in [0.15, 0.2) is 41.4 Å². The van der Waals surface area contributed by atoms with Crippen LogP contribution in [0.4, 0.5) is 5.82 Å². The minimum atomic E-state index is 0.631. The first-order valence-electron chi connectivity index (χ1n) is 6.37. The molecule has 0 spiro atoms. The Hall–Kier alpha value is -1.63. The molecular weight excluding hydrogens is 270 g/mol. The molecule has 0 unspecified atom stereocenters. The average Bonchev–Trinajstić information content (AvgIpc) is 2.47. The number of nitrogen functional groups attached to an aromatic ring is 1. The molecule has 0 bridgehead atoms. The van der Waals surface area contributed by atoms with E-state index in [2.05, 4.69) is 34.4 Å². The molecule has 0 saturated heterocycles. The summed E-state index contributed by atoms with van der Waals surface area (Å²) in [7, 11) is 4.12. The van der Waals surface area contributed by atoms with Crippen molar-refractivity contribution in [3.05, 3.63) is 36.4 Å². The summed E-state index contributed by atoms with van der Waals surface area (Å²) in [5.74, 6) is 7.78. The molecule has 2 aromatic rings. The maximum Gasteiger partial charge on any atom is 0.162 e. The van der Waals surface area contributed by atoms with Gasteiger partial charge in [-0.3, -0.25) is 0 Å². The van der Waals surface area contributed by atoms with E-state index >= 15 is 0 Å². The van der Waals surface area contributed by atoms with Crippen LogP contribution in [0.5, 0.6) is 0 Å². The van der Waals surface area contributed by atoms with Crippen molar-refractivity contribution in [1.82, 2.24) is 14.9 Å². The summed E-state index contributed by atoms with van der Waals surface area (Å²) in [5.41, 5.74) is 3.59. The van der Waals surface area contributed by atoms with Crippen molar-refractivity contribution in [1.29, 1.82) is 0 Å². The monoisotopic (exact) mass is 289 g/mol. The molecule has 5 nitrogen and oxygen atoms in total. The third-order valence-electron chi connectivity index (χ3n) is 2.67. The molecule has 3 N–H and O–H groups in total. The van der Waals surface area contributed by atoms with Gasteiger partial charge in [0.25, 0.3) is 0 Å². The van der Waals surface area contributed by atoms with Gasteiger partial charge in [-0.25, -0.2) is 15.8 Å². The first kappa shape index (κ1) is 14.8.